The van der Waals surface area contributed by atoms with E-state index < -0.39 is 0 Å². The molecule has 1 heterocycles. The smallest absolute Gasteiger partial charge is 0.308 e. The molecule has 27 heavy (non-hydrogen) atoms. The summed E-state index contributed by atoms with van der Waals surface area (Å²) in [4.78, 5) is 25.5. The van der Waals surface area contributed by atoms with E-state index in [0.29, 0.717) is 36.8 Å². The largest absolute Gasteiger partial charge is 0.493 e. The van der Waals surface area contributed by atoms with E-state index in [4.69, 9.17) is 14.2 Å². The van der Waals surface area contributed by atoms with E-state index in [2.05, 4.69) is 0 Å². The minimum absolute atomic E-state index is 0.0654. The number of amides is 1. The van der Waals surface area contributed by atoms with E-state index in [-0.39, 0.29) is 11.9 Å². The molecule has 0 fully saturated rings. The van der Waals surface area contributed by atoms with Gasteiger partial charge < -0.3 is 19.1 Å². The summed E-state index contributed by atoms with van der Waals surface area (Å²) in [5.74, 6) is 1.57. The van der Waals surface area contributed by atoms with Gasteiger partial charge in [-0.15, -0.1) is 0 Å². The van der Waals surface area contributed by atoms with Crippen LogP contribution in [-0.4, -0.2) is 37.5 Å². The normalized spacial score (nSPS) is 12.9. The van der Waals surface area contributed by atoms with E-state index >= 15 is 0 Å². The molecule has 2 aromatic rings. The lowest BCUT2D eigenvalue weighted by Gasteiger charge is -2.29. The Hall–Kier alpha value is -3.02. The van der Waals surface area contributed by atoms with Gasteiger partial charge in [-0.3, -0.25) is 9.59 Å². The molecule has 0 aromatic heterocycles. The lowest BCUT2D eigenvalue weighted by molar-refractivity contribution is -0.132. The Morgan fingerprint density at radius 2 is 1.63 bits per heavy atom. The molecule has 0 atom stereocenters. The molecule has 0 aliphatic carbocycles. The van der Waals surface area contributed by atoms with Gasteiger partial charge in [-0.25, -0.2) is 0 Å². The number of carbonyl (C=O) groups is 2. The zero-order valence-electron chi connectivity index (χ0n) is 15.8. The standard InChI is InChI=1S/C21H23NO5/c1-14(23)27-18-6-4-15(5-7-18)10-21(24)22-9-8-16-11-19(25-2)20(26-3)12-17(16)13-22/h4-7,11-12H,8-10,13H2,1-3H3. The molecule has 0 saturated carbocycles. The molecule has 1 aliphatic heterocycles. The maximum atomic E-state index is 12.7. The van der Waals surface area contributed by atoms with Crippen LogP contribution in [0.3, 0.4) is 0 Å². The third-order valence-electron chi connectivity index (χ3n) is 4.61. The van der Waals surface area contributed by atoms with Crippen LogP contribution >= 0.6 is 0 Å². The highest BCUT2D eigenvalue weighted by molar-refractivity contribution is 5.79. The summed E-state index contributed by atoms with van der Waals surface area (Å²) in [5.41, 5.74) is 3.15. The average molecular weight is 369 g/mol. The molecular formula is C21H23NO5. The van der Waals surface area contributed by atoms with Gasteiger partial charge in [0, 0.05) is 20.0 Å². The van der Waals surface area contributed by atoms with Crippen molar-refractivity contribution >= 4 is 11.9 Å². The Bertz CT molecular complexity index is 844. The second-order valence-electron chi connectivity index (χ2n) is 6.46. The lowest BCUT2D eigenvalue weighted by atomic mass is 9.98. The SMILES string of the molecule is COc1cc2c(cc1OC)CN(C(=O)Cc1ccc(OC(C)=O)cc1)CC2. The molecule has 0 spiro atoms. The minimum atomic E-state index is -0.363. The van der Waals surface area contributed by atoms with Crippen LogP contribution in [0.15, 0.2) is 36.4 Å². The summed E-state index contributed by atoms with van der Waals surface area (Å²) in [5, 5.41) is 0. The van der Waals surface area contributed by atoms with Crippen molar-refractivity contribution in [2.24, 2.45) is 0 Å². The highest BCUT2D eigenvalue weighted by Crippen LogP contribution is 2.33. The quantitative estimate of drug-likeness (QED) is 0.599. The first-order valence-electron chi connectivity index (χ1n) is 8.79. The van der Waals surface area contributed by atoms with Crippen molar-refractivity contribution in [3.05, 3.63) is 53.1 Å². The monoisotopic (exact) mass is 369 g/mol. The zero-order chi connectivity index (χ0) is 19.4. The van der Waals surface area contributed by atoms with Gasteiger partial charge in [0.1, 0.15) is 5.75 Å². The van der Waals surface area contributed by atoms with Crippen LogP contribution in [-0.2, 0) is 29.0 Å². The molecule has 142 valence electrons. The van der Waals surface area contributed by atoms with Crippen LogP contribution in [0.2, 0.25) is 0 Å². The summed E-state index contributed by atoms with van der Waals surface area (Å²) in [6.45, 7) is 2.59. The third-order valence-corrected chi connectivity index (χ3v) is 4.61. The molecule has 1 aliphatic rings. The third kappa shape index (κ3) is 4.39. The summed E-state index contributed by atoms with van der Waals surface area (Å²) < 4.78 is 15.7. The van der Waals surface area contributed by atoms with Crippen LogP contribution in [0.4, 0.5) is 0 Å². The van der Waals surface area contributed by atoms with Gasteiger partial charge in [-0.1, -0.05) is 12.1 Å². The molecule has 0 bridgehead atoms. The number of fused-ring (bicyclic) bond motifs is 1. The Labute approximate surface area is 158 Å². The maximum absolute atomic E-state index is 12.7. The highest BCUT2D eigenvalue weighted by Gasteiger charge is 2.23. The Kier molecular flexibility index (Phi) is 5.64. The minimum Gasteiger partial charge on any atom is -0.493 e. The predicted octanol–water partition coefficient (Wildman–Crippen LogP) is 2.76. The summed E-state index contributed by atoms with van der Waals surface area (Å²) in [6, 6.07) is 11.0. The molecule has 1 amide bonds. The van der Waals surface area contributed by atoms with Crippen LogP contribution in [0.5, 0.6) is 17.2 Å². The number of hydrogen-bond donors (Lipinski definition) is 0. The molecule has 2 aromatic carbocycles. The average Bonchev–Trinajstić information content (AvgIpc) is 2.67. The fourth-order valence-electron chi connectivity index (χ4n) is 3.22. The number of benzene rings is 2. The second kappa shape index (κ2) is 8.12. The summed E-state index contributed by atoms with van der Waals surface area (Å²) in [7, 11) is 3.23. The fourth-order valence-corrected chi connectivity index (χ4v) is 3.22. The maximum Gasteiger partial charge on any atom is 0.308 e. The van der Waals surface area contributed by atoms with E-state index in [1.165, 1.54) is 12.5 Å². The molecule has 0 saturated heterocycles. The van der Waals surface area contributed by atoms with E-state index in [0.717, 1.165) is 17.5 Å². The molecule has 0 radical (unpaired) electrons. The van der Waals surface area contributed by atoms with Crippen molar-refractivity contribution in [3.8, 4) is 17.2 Å². The Morgan fingerprint density at radius 3 is 2.22 bits per heavy atom. The zero-order valence-corrected chi connectivity index (χ0v) is 15.8. The van der Waals surface area contributed by atoms with Crippen molar-refractivity contribution in [3.63, 3.8) is 0 Å². The Balaban J connectivity index is 1.67. The van der Waals surface area contributed by atoms with Crippen molar-refractivity contribution in [1.82, 2.24) is 4.90 Å². The van der Waals surface area contributed by atoms with Crippen molar-refractivity contribution < 1.29 is 23.8 Å². The fraction of sp³-hybridized carbons (Fsp3) is 0.333. The van der Waals surface area contributed by atoms with E-state index in [1.807, 2.05) is 29.2 Å². The topological polar surface area (TPSA) is 65.1 Å². The van der Waals surface area contributed by atoms with E-state index in [9.17, 15) is 9.59 Å². The molecule has 3 rings (SSSR count). The lowest BCUT2D eigenvalue weighted by Crippen LogP contribution is -2.36. The van der Waals surface area contributed by atoms with Crippen LogP contribution < -0.4 is 14.2 Å². The van der Waals surface area contributed by atoms with Crippen LogP contribution in [0.1, 0.15) is 23.6 Å². The molecule has 6 heteroatoms. The number of nitrogens with zero attached hydrogens (tertiary/aromatic N) is 1. The number of carbonyl (C=O) groups excluding carboxylic acids is 2. The van der Waals surface area contributed by atoms with Gasteiger partial charge in [0.15, 0.2) is 11.5 Å². The predicted molar refractivity (Wildman–Crippen MR) is 100 cm³/mol. The van der Waals surface area contributed by atoms with Gasteiger partial charge in [0.25, 0.3) is 0 Å². The number of hydrogen-bond acceptors (Lipinski definition) is 5. The van der Waals surface area contributed by atoms with Gasteiger partial charge in [-0.05, 0) is 47.4 Å². The summed E-state index contributed by atoms with van der Waals surface area (Å²) in [6.07, 6.45) is 1.09. The van der Waals surface area contributed by atoms with Crippen LogP contribution in [0, 0.1) is 0 Å². The van der Waals surface area contributed by atoms with E-state index in [1.54, 1.807) is 26.4 Å². The molecule has 0 N–H and O–H groups in total. The van der Waals surface area contributed by atoms with Gasteiger partial charge >= 0.3 is 5.97 Å². The number of rotatable bonds is 5. The number of methoxy groups -OCH3 is 2. The Morgan fingerprint density at radius 1 is 1.00 bits per heavy atom. The number of esters is 1. The van der Waals surface area contributed by atoms with Crippen molar-refractivity contribution in [2.75, 3.05) is 20.8 Å². The van der Waals surface area contributed by atoms with Gasteiger partial charge in [-0.2, -0.15) is 0 Å². The van der Waals surface area contributed by atoms with Crippen molar-refractivity contribution in [1.29, 1.82) is 0 Å². The van der Waals surface area contributed by atoms with Gasteiger partial charge in [0.05, 0.1) is 20.6 Å². The number of ether oxygens (including phenoxy) is 3. The highest BCUT2D eigenvalue weighted by atomic mass is 16.5. The first-order chi connectivity index (χ1) is 13.0. The second-order valence-corrected chi connectivity index (χ2v) is 6.46. The molecule has 6 nitrogen and oxygen atoms in total. The van der Waals surface area contributed by atoms with Gasteiger partial charge in [0.2, 0.25) is 5.91 Å². The van der Waals surface area contributed by atoms with Crippen LogP contribution in [0.25, 0.3) is 0 Å². The first-order valence-corrected chi connectivity index (χ1v) is 8.79. The summed E-state index contributed by atoms with van der Waals surface area (Å²) >= 11 is 0. The first kappa shape index (κ1) is 18.8. The molecular weight excluding hydrogens is 346 g/mol. The molecule has 0 unspecified atom stereocenters. The van der Waals surface area contributed by atoms with Crippen molar-refractivity contribution in [2.45, 2.75) is 26.3 Å².